The molecule has 4 aliphatic rings. The minimum absolute atomic E-state index is 0. The molecule has 2 aliphatic carbocycles. The maximum absolute atomic E-state index is 2.71. The zero-order valence-electron chi connectivity index (χ0n) is 22.7. The number of fused-ring (bicyclic) bond motifs is 6. The molecule has 0 N–H and O–H groups in total. The van der Waals surface area contributed by atoms with Crippen LogP contribution < -0.4 is 32.6 Å². The molecule has 2 heterocycles. The first kappa shape index (κ1) is 27.8. The average Bonchev–Trinajstić information content (AvgIpc) is 3.41. The summed E-state index contributed by atoms with van der Waals surface area (Å²) in [5, 5.41) is 0. The van der Waals surface area contributed by atoms with E-state index in [-0.39, 0.29) is 24.8 Å². The minimum Gasteiger partial charge on any atom is -1.00 e. The summed E-state index contributed by atoms with van der Waals surface area (Å²) < 4.78 is 3.45. The summed E-state index contributed by atoms with van der Waals surface area (Å²) in [4.78, 5) is 0. The molecule has 2 fully saturated rings. The van der Waals surface area contributed by atoms with Crippen molar-refractivity contribution in [2.24, 2.45) is 0 Å². The van der Waals surface area contributed by atoms with Crippen molar-refractivity contribution in [3.8, 4) is 22.3 Å². The number of hydrogen-bond acceptors (Lipinski definition) is 0. The molecule has 2 atom stereocenters. The summed E-state index contributed by atoms with van der Waals surface area (Å²) in [6.07, 6.45) is 2.90. The van der Waals surface area contributed by atoms with Crippen LogP contribution in [0, 0.1) is 0 Å². The molecule has 2 saturated heterocycles. The monoisotopic (exact) mass is 616 g/mol. The van der Waals surface area contributed by atoms with Crippen molar-refractivity contribution in [2.75, 3.05) is 0 Å². The third-order valence-electron chi connectivity index (χ3n) is 10.6. The Balaban J connectivity index is 0.00000138. The van der Waals surface area contributed by atoms with Gasteiger partial charge in [0.2, 0.25) is 0 Å². The minimum atomic E-state index is -1.30. The number of halogens is 2. The molecule has 0 nitrogen and oxygen atoms in total. The van der Waals surface area contributed by atoms with Gasteiger partial charge < -0.3 is 24.8 Å². The van der Waals surface area contributed by atoms with Crippen LogP contribution in [0.1, 0.15) is 46.2 Å². The second-order valence-electron chi connectivity index (χ2n) is 12.7. The third kappa shape index (κ3) is 4.01. The summed E-state index contributed by atoms with van der Waals surface area (Å²) in [6, 6.07) is 39.6. The van der Waals surface area contributed by atoms with Crippen molar-refractivity contribution in [2.45, 2.75) is 61.2 Å². The zero-order chi connectivity index (χ0) is 24.8. The van der Waals surface area contributed by atoms with Crippen molar-refractivity contribution in [3.05, 3.63) is 107 Å². The van der Waals surface area contributed by atoms with Gasteiger partial charge in [0, 0.05) is 0 Å². The Bertz CT molecular complexity index is 1460. The Kier molecular flexibility index (Phi) is 7.23. The molecule has 5 heteroatoms. The van der Waals surface area contributed by atoms with Crippen molar-refractivity contribution in [1.82, 2.24) is 0 Å². The molecule has 0 spiro atoms. The molecule has 2 unspecified atom stereocenters. The molecule has 4 aromatic rings. The second-order valence-corrected chi connectivity index (χ2v) is 24.6. The Morgan fingerprint density at radius 3 is 1.28 bits per heavy atom. The largest absolute Gasteiger partial charge is 1.00 e. The molecule has 0 amide bonds. The van der Waals surface area contributed by atoms with E-state index >= 15 is 0 Å². The molecule has 8 rings (SSSR count). The van der Waals surface area contributed by atoms with Crippen molar-refractivity contribution in [3.63, 3.8) is 0 Å². The van der Waals surface area contributed by atoms with Crippen LogP contribution >= 0.6 is 0 Å². The molecule has 2 aliphatic heterocycles. The van der Waals surface area contributed by atoms with Gasteiger partial charge in [-0.25, -0.2) is 0 Å². The smallest absolute Gasteiger partial charge is 1.00 e. The van der Waals surface area contributed by atoms with E-state index in [0.29, 0.717) is 11.1 Å². The molecule has 4 aromatic carbocycles. The van der Waals surface area contributed by atoms with E-state index in [9.17, 15) is 0 Å². The van der Waals surface area contributed by atoms with Gasteiger partial charge in [0.05, 0.1) is 0 Å². The summed E-state index contributed by atoms with van der Waals surface area (Å²) >= 11 is -0.440. The molecule has 39 heavy (non-hydrogen) atoms. The molecule has 0 radical (unpaired) electrons. The van der Waals surface area contributed by atoms with Gasteiger partial charge >= 0.3 is 234 Å². The molecule has 0 bridgehead atoms. The first-order valence-corrected chi connectivity index (χ1v) is 21.8. The first-order valence-electron chi connectivity index (χ1n) is 14.3. The standard InChI is InChI=1S/2C17H17Si.2ClH.Ti/c2*1-18(11-6-12-18)17-15-9-4-2-7-13(15)14-8-3-5-10-16(14)17;;;/h2*2-5,7-9,17H,6,11-12H2,1H3;2*1H;/q;;;;+2/p-2. The van der Waals surface area contributed by atoms with Crippen LogP contribution in [0.4, 0.5) is 0 Å². The van der Waals surface area contributed by atoms with Gasteiger partial charge in [-0.1, -0.05) is 0 Å². The summed E-state index contributed by atoms with van der Waals surface area (Å²) in [5.74, 6) is 0. The molecular formula is C34H34Cl2Si2Ti. The van der Waals surface area contributed by atoms with Gasteiger partial charge in [0.15, 0.2) is 0 Å². The normalized spacial score (nSPS) is 21.9. The van der Waals surface area contributed by atoms with Gasteiger partial charge in [-0.15, -0.1) is 0 Å². The maximum Gasteiger partial charge on any atom is -1.00 e. The fraction of sp³-hybridized carbons (Fsp3) is 0.294. The van der Waals surface area contributed by atoms with E-state index in [1.54, 1.807) is 41.1 Å². The van der Waals surface area contributed by atoms with E-state index in [4.69, 9.17) is 0 Å². The SMILES string of the molecule is C[Si]1(C2c3ccccc3-c3ccc[c]([Ti+2][c]4cccc5c4C([Si]4(C)CCC4)c4ccccc4-5)c32)CCC1.[Cl-].[Cl-]. The summed E-state index contributed by atoms with van der Waals surface area (Å²) in [6.45, 7) is 5.42. The third-order valence-corrected chi connectivity index (χ3v) is 22.7. The maximum atomic E-state index is 2.71. The van der Waals surface area contributed by atoms with Crippen LogP contribution in [0.5, 0.6) is 0 Å². The Morgan fingerprint density at radius 2 is 0.897 bits per heavy atom. The van der Waals surface area contributed by atoms with Gasteiger partial charge in [-0.2, -0.15) is 0 Å². The summed E-state index contributed by atoms with van der Waals surface area (Å²) in [5.41, 5.74) is 14.4. The van der Waals surface area contributed by atoms with E-state index in [1.807, 2.05) is 0 Å². The summed E-state index contributed by atoms with van der Waals surface area (Å²) in [7, 11) is -2.60. The van der Waals surface area contributed by atoms with Crippen LogP contribution in [0.3, 0.4) is 0 Å². The first-order chi connectivity index (χ1) is 18.1. The van der Waals surface area contributed by atoms with E-state index in [0.717, 1.165) is 0 Å². The van der Waals surface area contributed by atoms with Crippen molar-refractivity contribution < 1.29 is 44.0 Å². The van der Waals surface area contributed by atoms with Gasteiger partial charge in [-0.3, -0.25) is 0 Å². The molecule has 0 saturated carbocycles. The second kappa shape index (κ2) is 10.2. The van der Waals surface area contributed by atoms with Crippen molar-refractivity contribution in [1.29, 1.82) is 0 Å². The predicted molar refractivity (Wildman–Crippen MR) is 158 cm³/mol. The van der Waals surface area contributed by atoms with Crippen LogP contribution in [0.15, 0.2) is 84.9 Å². The van der Waals surface area contributed by atoms with E-state index in [2.05, 4.69) is 98.0 Å². The Labute approximate surface area is 256 Å². The number of hydrogen-bond donors (Lipinski definition) is 0. The van der Waals surface area contributed by atoms with E-state index in [1.165, 1.54) is 48.1 Å². The topological polar surface area (TPSA) is 0 Å². The molecular weight excluding hydrogens is 583 g/mol. The number of benzene rings is 4. The number of rotatable bonds is 4. The molecule has 0 aromatic heterocycles. The van der Waals surface area contributed by atoms with Crippen LogP contribution in [0.25, 0.3) is 22.3 Å². The quantitative estimate of drug-likeness (QED) is 0.308. The average molecular weight is 618 g/mol. The van der Waals surface area contributed by atoms with Crippen LogP contribution in [0.2, 0.25) is 37.3 Å². The van der Waals surface area contributed by atoms with Crippen molar-refractivity contribution >= 4 is 23.9 Å². The van der Waals surface area contributed by atoms with Gasteiger partial charge in [-0.05, 0) is 0 Å². The van der Waals surface area contributed by atoms with Crippen LogP contribution in [-0.4, -0.2) is 16.1 Å². The Hall–Kier alpha value is -1.39. The van der Waals surface area contributed by atoms with Crippen LogP contribution in [-0.2, 0) is 19.2 Å². The zero-order valence-corrected chi connectivity index (χ0v) is 27.8. The van der Waals surface area contributed by atoms with Gasteiger partial charge in [0.25, 0.3) is 0 Å². The molecule has 196 valence electrons. The van der Waals surface area contributed by atoms with Gasteiger partial charge in [0.1, 0.15) is 0 Å². The van der Waals surface area contributed by atoms with E-state index < -0.39 is 35.3 Å². The predicted octanol–water partition coefficient (Wildman–Crippen LogP) is 2.00. The Morgan fingerprint density at radius 1 is 0.513 bits per heavy atom. The fourth-order valence-electron chi connectivity index (χ4n) is 8.38. The fourth-order valence-corrected chi connectivity index (χ4v) is 19.2.